The molecule has 0 amide bonds. The molecule has 1 fully saturated rings. The van der Waals surface area contributed by atoms with Gasteiger partial charge in [-0.05, 0) is 56.3 Å². The second kappa shape index (κ2) is 10.1. The van der Waals surface area contributed by atoms with Gasteiger partial charge in [0.25, 0.3) is 0 Å². The Hall–Kier alpha value is -3.33. The predicted molar refractivity (Wildman–Crippen MR) is 140 cm³/mol. The van der Waals surface area contributed by atoms with E-state index >= 15 is 0 Å². The maximum Gasteiger partial charge on any atom is 0.163 e. The van der Waals surface area contributed by atoms with Gasteiger partial charge < -0.3 is 25.4 Å². The Morgan fingerprint density at radius 2 is 2.00 bits per heavy atom. The average Bonchev–Trinajstić information content (AvgIpc) is 2.89. The number of hydrogen-bond acceptors (Lipinski definition) is 8. The molecule has 1 atom stereocenters. The summed E-state index contributed by atoms with van der Waals surface area (Å²) in [7, 11) is 1.67. The van der Waals surface area contributed by atoms with Crippen molar-refractivity contribution in [3.05, 3.63) is 76.6 Å². The molecular formula is C26H29ClN6O2. The third-order valence-electron chi connectivity index (χ3n) is 6.41. The number of benzene rings is 2. The van der Waals surface area contributed by atoms with Gasteiger partial charge in [0.1, 0.15) is 18.1 Å². The molecule has 0 saturated carbocycles. The lowest BCUT2D eigenvalue weighted by molar-refractivity contribution is 0.301. The summed E-state index contributed by atoms with van der Waals surface area (Å²) in [5, 5.41) is 10.7. The normalized spacial score (nSPS) is 19.5. The van der Waals surface area contributed by atoms with Crippen molar-refractivity contribution in [3.63, 3.8) is 0 Å². The van der Waals surface area contributed by atoms with Crippen LogP contribution in [0.3, 0.4) is 0 Å². The number of aliphatic imine (C=N–C) groups is 1. The van der Waals surface area contributed by atoms with Gasteiger partial charge in [-0.3, -0.25) is 10.7 Å². The van der Waals surface area contributed by atoms with Crippen LogP contribution in [0.25, 0.3) is 0 Å². The molecule has 0 bridgehead atoms. The van der Waals surface area contributed by atoms with Gasteiger partial charge >= 0.3 is 0 Å². The van der Waals surface area contributed by atoms with Crippen LogP contribution in [0.15, 0.2) is 59.7 Å². The van der Waals surface area contributed by atoms with Crippen molar-refractivity contribution in [2.24, 2.45) is 10.7 Å². The van der Waals surface area contributed by atoms with Crippen molar-refractivity contribution in [3.8, 4) is 11.5 Å². The van der Waals surface area contributed by atoms with Gasteiger partial charge in [0.05, 0.1) is 35.5 Å². The minimum Gasteiger partial charge on any atom is -0.495 e. The number of halogens is 1. The fourth-order valence-corrected chi connectivity index (χ4v) is 4.71. The Balaban J connectivity index is 1.44. The van der Waals surface area contributed by atoms with E-state index in [1.54, 1.807) is 19.6 Å². The Morgan fingerprint density at radius 1 is 1.14 bits per heavy atom. The van der Waals surface area contributed by atoms with Crippen molar-refractivity contribution < 1.29 is 9.47 Å². The van der Waals surface area contributed by atoms with E-state index in [0.29, 0.717) is 23.4 Å². The number of anilines is 2. The van der Waals surface area contributed by atoms with Crippen molar-refractivity contribution in [2.45, 2.75) is 31.2 Å². The molecule has 35 heavy (non-hydrogen) atoms. The smallest absolute Gasteiger partial charge is 0.163 e. The lowest BCUT2D eigenvalue weighted by Crippen LogP contribution is -2.40. The molecule has 1 saturated heterocycles. The van der Waals surface area contributed by atoms with E-state index in [0.717, 1.165) is 59.9 Å². The maximum absolute atomic E-state index is 6.94. The number of rotatable bonds is 7. The van der Waals surface area contributed by atoms with Gasteiger partial charge in [-0.15, -0.1) is 0 Å². The Morgan fingerprint density at radius 3 is 2.74 bits per heavy atom. The fourth-order valence-electron chi connectivity index (χ4n) is 4.48. The van der Waals surface area contributed by atoms with Crippen molar-refractivity contribution in [2.75, 3.05) is 30.8 Å². The number of methoxy groups -OCH3 is 1. The van der Waals surface area contributed by atoms with Crippen LogP contribution in [0.4, 0.5) is 11.4 Å². The molecule has 5 rings (SSSR count). The molecule has 0 spiro atoms. The van der Waals surface area contributed by atoms with Crippen LogP contribution in [0.1, 0.15) is 29.7 Å². The summed E-state index contributed by atoms with van der Waals surface area (Å²) in [6, 6.07) is 15.6. The van der Waals surface area contributed by atoms with E-state index in [9.17, 15) is 0 Å². The largest absolute Gasteiger partial charge is 0.495 e. The van der Waals surface area contributed by atoms with Crippen LogP contribution in [0, 0.1) is 0 Å². The highest BCUT2D eigenvalue weighted by atomic mass is 35.5. The van der Waals surface area contributed by atoms with Gasteiger partial charge in [-0.25, -0.2) is 4.99 Å². The van der Waals surface area contributed by atoms with Gasteiger partial charge in [-0.2, -0.15) is 0 Å². The molecule has 0 aliphatic carbocycles. The van der Waals surface area contributed by atoms with E-state index in [1.807, 2.05) is 48.5 Å². The van der Waals surface area contributed by atoms with E-state index < -0.39 is 5.66 Å². The maximum atomic E-state index is 6.94. The molecule has 1 aromatic heterocycles. The number of nitrogens with two attached hydrogens (primary N) is 1. The zero-order valence-electron chi connectivity index (χ0n) is 19.6. The Labute approximate surface area is 209 Å². The number of nitrogens with zero attached hydrogens (tertiary/aromatic N) is 2. The SMILES string of the molecule is COc1cc2c(cc1NC1CCNCC1)C(N)(c1ccc(OCc3ccccn3)c(Cl)c1)N=CN2. The van der Waals surface area contributed by atoms with E-state index in [2.05, 4.69) is 25.9 Å². The number of hydrogen-bond donors (Lipinski definition) is 4. The Bertz CT molecular complexity index is 1220. The Kier molecular flexibility index (Phi) is 6.77. The number of fused-ring (bicyclic) bond motifs is 1. The van der Waals surface area contributed by atoms with Crippen molar-refractivity contribution in [1.82, 2.24) is 10.3 Å². The summed E-state index contributed by atoms with van der Waals surface area (Å²) < 4.78 is 11.6. The third kappa shape index (κ3) is 4.91. The predicted octanol–water partition coefficient (Wildman–Crippen LogP) is 4.10. The molecule has 2 aliphatic rings. The molecule has 1 unspecified atom stereocenters. The summed E-state index contributed by atoms with van der Waals surface area (Å²) in [6.45, 7) is 2.31. The summed E-state index contributed by atoms with van der Waals surface area (Å²) in [6.07, 6.45) is 5.43. The van der Waals surface area contributed by atoms with Crippen molar-refractivity contribution in [1.29, 1.82) is 0 Å². The topological polar surface area (TPSA) is 106 Å². The summed E-state index contributed by atoms with van der Waals surface area (Å²) in [5.74, 6) is 1.31. The van der Waals surface area contributed by atoms with Crippen LogP contribution in [0.2, 0.25) is 5.02 Å². The van der Waals surface area contributed by atoms with Gasteiger partial charge in [-0.1, -0.05) is 23.7 Å². The number of piperidine rings is 1. The number of nitrogens with one attached hydrogen (secondary N) is 3. The molecule has 3 aromatic rings. The zero-order chi connectivity index (χ0) is 24.3. The van der Waals surface area contributed by atoms with Crippen LogP contribution < -0.4 is 31.2 Å². The monoisotopic (exact) mass is 492 g/mol. The second-order valence-corrected chi connectivity index (χ2v) is 9.10. The highest BCUT2D eigenvalue weighted by Crippen LogP contribution is 2.43. The minimum absolute atomic E-state index is 0.324. The highest BCUT2D eigenvalue weighted by Gasteiger charge is 2.35. The van der Waals surface area contributed by atoms with Crippen LogP contribution in [-0.4, -0.2) is 37.6 Å². The van der Waals surface area contributed by atoms with Gasteiger partial charge in [0, 0.05) is 29.4 Å². The molecule has 182 valence electrons. The lowest BCUT2D eigenvalue weighted by atomic mass is 9.89. The zero-order valence-corrected chi connectivity index (χ0v) is 20.3. The number of ether oxygens (including phenoxy) is 2. The first-order valence-corrected chi connectivity index (χ1v) is 12.1. The van der Waals surface area contributed by atoms with Crippen LogP contribution in [0.5, 0.6) is 11.5 Å². The first kappa shape index (κ1) is 23.4. The highest BCUT2D eigenvalue weighted by molar-refractivity contribution is 6.32. The van der Waals surface area contributed by atoms with Crippen LogP contribution >= 0.6 is 11.6 Å². The summed E-state index contributed by atoms with van der Waals surface area (Å²) >= 11 is 6.60. The van der Waals surface area contributed by atoms with Gasteiger partial charge in [0.2, 0.25) is 0 Å². The molecule has 5 N–H and O–H groups in total. The first-order valence-electron chi connectivity index (χ1n) is 11.7. The van der Waals surface area contributed by atoms with Crippen molar-refractivity contribution >= 4 is 29.3 Å². The standard InChI is InChI=1S/C26H29ClN6O2/c1-34-25-14-22-20(13-23(25)33-18-7-10-29-11-8-18)26(28,32-16-31-22)17-5-6-24(21(27)12-17)35-15-19-4-2-3-9-30-19/h2-6,9,12-14,16,18,29,33H,7-8,10-11,15,28H2,1H3,(H,31,32). The lowest BCUT2D eigenvalue weighted by Gasteiger charge is -2.33. The van der Waals surface area contributed by atoms with E-state index in [1.165, 1.54) is 0 Å². The average molecular weight is 493 g/mol. The third-order valence-corrected chi connectivity index (χ3v) is 6.71. The number of pyridine rings is 1. The fraction of sp³-hybridized carbons (Fsp3) is 0.308. The quantitative estimate of drug-likeness (QED) is 0.393. The van der Waals surface area contributed by atoms with Crippen LogP contribution in [-0.2, 0) is 12.3 Å². The number of aromatic nitrogens is 1. The summed E-state index contributed by atoms with van der Waals surface area (Å²) in [4.78, 5) is 8.92. The summed E-state index contributed by atoms with van der Waals surface area (Å²) in [5.41, 5.74) is 9.96. The van der Waals surface area contributed by atoms with E-state index in [4.69, 9.17) is 26.8 Å². The molecule has 8 nitrogen and oxygen atoms in total. The minimum atomic E-state index is -1.12. The molecule has 2 aliphatic heterocycles. The van der Waals surface area contributed by atoms with E-state index in [-0.39, 0.29) is 0 Å². The van der Waals surface area contributed by atoms with Gasteiger partial charge in [0.15, 0.2) is 5.66 Å². The second-order valence-electron chi connectivity index (χ2n) is 8.69. The molecule has 3 heterocycles. The molecule has 2 aromatic carbocycles. The molecular weight excluding hydrogens is 464 g/mol. The first-order chi connectivity index (χ1) is 17.1. The molecule has 0 radical (unpaired) electrons. The molecule has 9 heteroatoms.